The summed E-state index contributed by atoms with van der Waals surface area (Å²) in [6.07, 6.45) is -4.73. The van der Waals surface area contributed by atoms with Crippen LogP contribution in [0.2, 0.25) is 0 Å². The van der Waals surface area contributed by atoms with Gasteiger partial charge in [-0.25, -0.2) is 0 Å². The summed E-state index contributed by atoms with van der Waals surface area (Å²) in [6, 6.07) is 6.97. The molecule has 0 aromatic heterocycles. The van der Waals surface area contributed by atoms with Crippen LogP contribution in [0.3, 0.4) is 0 Å². The third-order valence-corrected chi connectivity index (χ3v) is 2.80. The molecule has 1 aliphatic heterocycles. The normalized spacial score (nSPS) is 18.1. The van der Waals surface area contributed by atoms with Crippen LogP contribution in [0.15, 0.2) is 24.3 Å². The maximum atomic E-state index is 11.9. The summed E-state index contributed by atoms with van der Waals surface area (Å²) >= 11 is 0. The summed E-state index contributed by atoms with van der Waals surface area (Å²) in [4.78, 5) is 11.7. The maximum Gasteiger partial charge on any atom is 0.390 e. The second kappa shape index (κ2) is 4.88. The second-order valence-electron chi connectivity index (χ2n) is 4.21. The largest absolute Gasteiger partial charge is 0.390 e. The predicted molar refractivity (Wildman–Crippen MR) is 61.2 cm³/mol. The number of halogens is 3. The first-order chi connectivity index (χ1) is 8.46. The first-order valence-electron chi connectivity index (χ1n) is 5.64. The molecule has 0 bridgehead atoms. The van der Waals surface area contributed by atoms with Crippen molar-refractivity contribution in [1.29, 1.82) is 0 Å². The quantitative estimate of drug-likeness (QED) is 0.871. The Kier molecular flexibility index (Phi) is 3.45. The standard InChI is InChI=1S/C12H13F3N2O/c13-12(14,15)5-6-16-11(18)10-7-8-3-1-2-4-9(8)17-10/h1-4,10,17H,5-7H2,(H,16,18)/t10-/m0/s1. The molecular formula is C12H13F3N2O. The van der Waals surface area contributed by atoms with E-state index in [1.165, 1.54) is 0 Å². The van der Waals surface area contributed by atoms with Gasteiger partial charge in [-0.3, -0.25) is 4.79 Å². The van der Waals surface area contributed by atoms with E-state index >= 15 is 0 Å². The van der Waals surface area contributed by atoms with E-state index in [0.29, 0.717) is 6.42 Å². The second-order valence-corrected chi connectivity index (χ2v) is 4.21. The molecule has 1 aliphatic rings. The monoisotopic (exact) mass is 258 g/mol. The topological polar surface area (TPSA) is 41.1 Å². The number of carbonyl (C=O) groups excluding carboxylic acids is 1. The van der Waals surface area contributed by atoms with E-state index in [2.05, 4.69) is 10.6 Å². The Morgan fingerprint density at radius 1 is 1.39 bits per heavy atom. The smallest absolute Gasteiger partial charge is 0.373 e. The van der Waals surface area contributed by atoms with Gasteiger partial charge in [0.15, 0.2) is 0 Å². The fourth-order valence-electron chi connectivity index (χ4n) is 1.91. The number of alkyl halides is 3. The van der Waals surface area contributed by atoms with Crippen LogP contribution < -0.4 is 10.6 Å². The van der Waals surface area contributed by atoms with Crippen molar-refractivity contribution >= 4 is 11.6 Å². The van der Waals surface area contributed by atoms with Gasteiger partial charge in [0, 0.05) is 18.7 Å². The van der Waals surface area contributed by atoms with Gasteiger partial charge in [-0.05, 0) is 11.6 Å². The number of rotatable bonds is 3. The number of benzene rings is 1. The van der Waals surface area contributed by atoms with E-state index in [9.17, 15) is 18.0 Å². The first-order valence-corrected chi connectivity index (χ1v) is 5.64. The molecule has 98 valence electrons. The van der Waals surface area contributed by atoms with Crippen LogP contribution in [0.25, 0.3) is 0 Å². The van der Waals surface area contributed by atoms with E-state index in [1.807, 2.05) is 24.3 Å². The predicted octanol–water partition coefficient (Wildman–Crippen LogP) is 2.09. The van der Waals surface area contributed by atoms with Crippen molar-refractivity contribution in [2.45, 2.75) is 25.1 Å². The lowest BCUT2D eigenvalue weighted by atomic mass is 10.1. The highest BCUT2D eigenvalue weighted by Crippen LogP contribution is 2.25. The Morgan fingerprint density at radius 3 is 2.78 bits per heavy atom. The lowest BCUT2D eigenvalue weighted by Gasteiger charge is -2.12. The zero-order chi connectivity index (χ0) is 13.2. The average molecular weight is 258 g/mol. The number of amides is 1. The van der Waals surface area contributed by atoms with Gasteiger partial charge in [-0.1, -0.05) is 18.2 Å². The molecule has 6 heteroatoms. The molecule has 18 heavy (non-hydrogen) atoms. The van der Waals surface area contributed by atoms with E-state index < -0.39 is 24.5 Å². The molecule has 1 atom stereocenters. The Bertz CT molecular complexity index is 420. The van der Waals surface area contributed by atoms with Crippen molar-refractivity contribution in [3.8, 4) is 0 Å². The van der Waals surface area contributed by atoms with Crippen molar-refractivity contribution in [3.05, 3.63) is 29.8 Å². The molecule has 0 radical (unpaired) electrons. The number of nitrogens with one attached hydrogen (secondary N) is 2. The third kappa shape index (κ3) is 3.15. The summed E-state index contributed by atoms with van der Waals surface area (Å²) in [5.74, 6) is -0.393. The molecule has 0 saturated heterocycles. The van der Waals surface area contributed by atoms with Crippen LogP contribution in [0.5, 0.6) is 0 Å². The number of fused-ring (bicyclic) bond motifs is 1. The van der Waals surface area contributed by atoms with Gasteiger partial charge in [0.1, 0.15) is 6.04 Å². The van der Waals surface area contributed by atoms with Crippen molar-refractivity contribution in [2.75, 3.05) is 11.9 Å². The lowest BCUT2D eigenvalue weighted by Crippen LogP contribution is -2.39. The minimum atomic E-state index is -4.24. The van der Waals surface area contributed by atoms with Crippen LogP contribution in [-0.4, -0.2) is 24.7 Å². The molecule has 0 fully saturated rings. The number of para-hydroxylation sites is 1. The fourth-order valence-corrected chi connectivity index (χ4v) is 1.91. The van der Waals surface area contributed by atoms with Gasteiger partial charge >= 0.3 is 6.18 Å². The SMILES string of the molecule is O=C(NCCC(F)(F)F)[C@@H]1Cc2ccccc2N1. The molecule has 1 aromatic rings. The van der Waals surface area contributed by atoms with Crippen molar-refractivity contribution in [1.82, 2.24) is 5.32 Å². The Balaban J connectivity index is 1.83. The molecule has 1 heterocycles. The van der Waals surface area contributed by atoms with Crippen LogP contribution in [-0.2, 0) is 11.2 Å². The molecule has 0 saturated carbocycles. The molecule has 2 N–H and O–H groups in total. The molecule has 2 rings (SSSR count). The summed E-state index contributed by atoms with van der Waals surface area (Å²) in [7, 11) is 0. The number of hydrogen-bond donors (Lipinski definition) is 2. The zero-order valence-corrected chi connectivity index (χ0v) is 9.55. The summed E-state index contributed by atoms with van der Waals surface area (Å²) in [5.41, 5.74) is 1.88. The van der Waals surface area contributed by atoms with E-state index in [4.69, 9.17) is 0 Å². The van der Waals surface area contributed by atoms with Gasteiger partial charge in [0.25, 0.3) is 0 Å². The summed E-state index contributed by atoms with van der Waals surface area (Å²) in [5, 5.41) is 5.28. The van der Waals surface area contributed by atoms with Crippen LogP contribution >= 0.6 is 0 Å². The zero-order valence-electron chi connectivity index (χ0n) is 9.55. The number of hydrogen-bond acceptors (Lipinski definition) is 2. The highest BCUT2D eigenvalue weighted by atomic mass is 19.4. The summed E-state index contributed by atoms with van der Waals surface area (Å²) in [6.45, 7) is -0.378. The van der Waals surface area contributed by atoms with E-state index in [0.717, 1.165) is 11.3 Å². The Morgan fingerprint density at radius 2 is 2.11 bits per heavy atom. The van der Waals surface area contributed by atoms with E-state index in [-0.39, 0.29) is 6.54 Å². The first kappa shape index (κ1) is 12.7. The van der Waals surface area contributed by atoms with Crippen LogP contribution in [0, 0.1) is 0 Å². The highest BCUT2D eigenvalue weighted by Gasteiger charge is 2.29. The minimum absolute atomic E-state index is 0.378. The van der Waals surface area contributed by atoms with Crippen molar-refractivity contribution < 1.29 is 18.0 Å². The van der Waals surface area contributed by atoms with Crippen LogP contribution in [0.1, 0.15) is 12.0 Å². The van der Waals surface area contributed by atoms with Gasteiger partial charge in [0.2, 0.25) is 5.91 Å². The van der Waals surface area contributed by atoms with Gasteiger partial charge < -0.3 is 10.6 Å². The molecule has 1 aromatic carbocycles. The highest BCUT2D eigenvalue weighted by molar-refractivity contribution is 5.87. The number of carbonyl (C=O) groups is 1. The van der Waals surface area contributed by atoms with Crippen LogP contribution in [0.4, 0.5) is 18.9 Å². The van der Waals surface area contributed by atoms with Crippen molar-refractivity contribution in [2.24, 2.45) is 0 Å². The van der Waals surface area contributed by atoms with Crippen molar-refractivity contribution in [3.63, 3.8) is 0 Å². The molecular weight excluding hydrogens is 245 g/mol. The number of anilines is 1. The van der Waals surface area contributed by atoms with E-state index in [1.54, 1.807) is 0 Å². The summed E-state index contributed by atoms with van der Waals surface area (Å²) < 4.78 is 35.8. The molecule has 1 amide bonds. The fraction of sp³-hybridized carbons (Fsp3) is 0.417. The average Bonchev–Trinajstić information content (AvgIpc) is 2.70. The molecule has 0 aliphatic carbocycles. The van der Waals surface area contributed by atoms with Gasteiger partial charge in [0.05, 0.1) is 6.42 Å². The van der Waals surface area contributed by atoms with Gasteiger partial charge in [-0.2, -0.15) is 13.2 Å². The van der Waals surface area contributed by atoms with Gasteiger partial charge in [-0.15, -0.1) is 0 Å². The Hall–Kier alpha value is -1.72. The molecule has 0 spiro atoms. The lowest BCUT2D eigenvalue weighted by molar-refractivity contribution is -0.135. The minimum Gasteiger partial charge on any atom is -0.373 e. The molecule has 0 unspecified atom stereocenters. The molecule has 3 nitrogen and oxygen atoms in total. The third-order valence-electron chi connectivity index (χ3n) is 2.80. The maximum absolute atomic E-state index is 11.9. The Labute approximate surface area is 102 Å².